The third-order valence-electron chi connectivity index (χ3n) is 6.55. The van der Waals surface area contributed by atoms with Crippen molar-refractivity contribution >= 4 is 33.3 Å². The molecule has 34 heavy (non-hydrogen) atoms. The minimum absolute atomic E-state index is 0.190. The standard InChI is InChI=1S/C23H30N6O4S/c1-11-16(22-28-18-15(34-22)5-6-24-17(18)12-3-4-12)21(29-23(26-11)25-7-8-33-2)27-14-9-13(10-30)19(31)20(14)32/h5-6,12-14,19-20,30-32H,3-4,7-10H2,1-2H3,(H2,25,26,27,29)/t13-,14-,19-,20+/m1/s1. The van der Waals surface area contributed by atoms with E-state index < -0.39 is 24.2 Å². The lowest BCUT2D eigenvalue weighted by Gasteiger charge is -2.21. The molecule has 0 aromatic carbocycles. The third kappa shape index (κ3) is 4.46. The molecule has 11 heteroatoms. The number of aromatic nitrogens is 4. The van der Waals surface area contributed by atoms with Crippen LogP contribution in [0.25, 0.3) is 20.8 Å². The van der Waals surface area contributed by atoms with Crippen LogP contribution in [0.2, 0.25) is 0 Å². The fourth-order valence-corrected chi connectivity index (χ4v) is 5.61. The zero-order chi connectivity index (χ0) is 23.8. The third-order valence-corrected chi connectivity index (χ3v) is 7.59. The molecule has 4 atom stereocenters. The summed E-state index contributed by atoms with van der Waals surface area (Å²) < 4.78 is 6.18. The van der Waals surface area contributed by atoms with Crippen LogP contribution >= 0.6 is 11.3 Å². The number of hydrogen-bond acceptors (Lipinski definition) is 11. The number of aryl methyl sites for hydroxylation is 1. The summed E-state index contributed by atoms with van der Waals surface area (Å²) in [6, 6.07) is 1.51. The fraction of sp³-hybridized carbons (Fsp3) is 0.565. The molecule has 2 aliphatic carbocycles. The number of hydrogen-bond donors (Lipinski definition) is 5. The second-order valence-electron chi connectivity index (χ2n) is 9.02. The first kappa shape index (κ1) is 23.3. The lowest BCUT2D eigenvalue weighted by atomic mass is 10.1. The fourth-order valence-electron chi connectivity index (χ4n) is 4.54. The highest BCUT2D eigenvalue weighted by Gasteiger charge is 2.41. The van der Waals surface area contributed by atoms with Gasteiger partial charge < -0.3 is 30.7 Å². The number of fused-ring (bicyclic) bond motifs is 1. The number of nitrogens with one attached hydrogen (secondary N) is 2. The van der Waals surface area contributed by atoms with E-state index in [-0.39, 0.29) is 6.61 Å². The number of methoxy groups -OCH3 is 1. The molecule has 10 nitrogen and oxygen atoms in total. The number of pyridine rings is 1. The smallest absolute Gasteiger partial charge is 0.224 e. The Bertz CT molecular complexity index is 1170. The van der Waals surface area contributed by atoms with E-state index >= 15 is 0 Å². The summed E-state index contributed by atoms with van der Waals surface area (Å²) in [5.74, 6) is 1.05. The van der Waals surface area contributed by atoms with Gasteiger partial charge in [-0.3, -0.25) is 4.98 Å². The van der Waals surface area contributed by atoms with Crippen molar-refractivity contribution in [3.05, 3.63) is 23.7 Å². The first-order chi connectivity index (χ1) is 16.5. The number of anilines is 2. The van der Waals surface area contributed by atoms with Gasteiger partial charge in [0.25, 0.3) is 0 Å². The maximum Gasteiger partial charge on any atom is 0.224 e. The minimum Gasteiger partial charge on any atom is -0.396 e. The van der Waals surface area contributed by atoms with Gasteiger partial charge in [-0.25, -0.2) is 9.97 Å². The molecule has 0 radical (unpaired) electrons. The first-order valence-electron chi connectivity index (χ1n) is 11.6. The van der Waals surface area contributed by atoms with E-state index in [9.17, 15) is 15.3 Å². The quantitative estimate of drug-likeness (QED) is 0.284. The number of nitrogens with zero attached hydrogens (tertiary/aromatic N) is 4. The molecule has 5 rings (SSSR count). The van der Waals surface area contributed by atoms with Crippen molar-refractivity contribution in [3.8, 4) is 10.6 Å². The van der Waals surface area contributed by atoms with Gasteiger partial charge in [0.2, 0.25) is 5.95 Å². The van der Waals surface area contributed by atoms with Crippen molar-refractivity contribution < 1.29 is 20.1 Å². The van der Waals surface area contributed by atoms with Crippen LogP contribution in [0.15, 0.2) is 12.3 Å². The van der Waals surface area contributed by atoms with Crippen molar-refractivity contribution in [2.75, 3.05) is 37.5 Å². The van der Waals surface area contributed by atoms with Crippen LogP contribution in [0, 0.1) is 12.8 Å². The van der Waals surface area contributed by atoms with Gasteiger partial charge in [-0.2, -0.15) is 4.98 Å². The second kappa shape index (κ2) is 9.67. The van der Waals surface area contributed by atoms with E-state index in [2.05, 4.69) is 20.6 Å². The summed E-state index contributed by atoms with van der Waals surface area (Å²) >= 11 is 1.57. The molecule has 0 unspecified atom stereocenters. The molecule has 0 spiro atoms. The Morgan fingerprint density at radius 1 is 1.18 bits per heavy atom. The molecule has 3 aromatic rings. The van der Waals surface area contributed by atoms with Gasteiger partial charge in [-0.1, -0.05) is 0 Å². The van der Waals surface area contributed by atoms with Crippen LogP contribution in [0.5, 0.6) is 0 Å². The van der Waals surface area contributed by atoms with Crippen LogP contribution < -0.4 is 10.6 Å². The molecule has 2 aliphatic rings. The van der Waals surface area contributed by atoms with Crippen LogP contribution in [-0.4, -0.2) is 80.4 Å². The van der Waals surface area contributed by atoms with E-state index in [1.165, 1.54) is 0 Å². The minimum atomic E-state index is -1.02. The molecule has 2 fully saturated rings. The molecule has 0 amide bonds. The largest absolute Gasteiger partial charge is 0.396 e. The van der Waals surface area contributed by atoms with Crippen molar-refractivity contribution in [3.63, 3.8) is 0 Å². The maximum atomic E-state index is 10.6. The van der Waals surface area contributed by atoms with Crippen LogP contribution in [-0.2, 0) is 4.74 Å². The Morgan fingerprint density at radius 2 is 2.00 bits per heavy atom. The van der Waals surface area contributed by atoms with Crippen molar-refractivity contribution in [2.45, 2.75) is 50.4 Å². The summed E-state index contributed by atoms with van der Waals surface area (Å²) in [7, 11) is 1.63. The van der Waals surface area contributed by atoms with Crippen molar-refractivity contribution in [1.82, 2.24) is 19.9 Å². The Balaban J connectivity index is 1.54. The molecule has 3 aromatic heterocycles. The van der Waals surface area contributed by atoms with E-state index in [1.807, 2.05) is 19.2 Å². The molecular weight excluding hydrogens is 456 g/mol. The first-order valence-corrected chi connectivity index (χ1v) is 12.4. The number of aliphatic hydroxyl groups excluding tert-OH is 3. The van der Waals surface area contributed by atoms with Crippen LogP contribution in [0.1, 0.15) is 36.6 Å². The summed E-state index contributed by atoms with van der Waals surface area (Å²) in [6.07, 6.45) is 2.53. The predicted octanol–water partition coefficient (Wildman–Crippen LogP) is 1.91. The molecule has 0 bridgehead atoms. The van der Waals surface area contributed by atoms with Crippen molar-refractivity contribution in [1.29, 1.82) is 0 Å². The summed E-state index contributed by atoms with van der Waals surface area (Å²) in [4.78, 5) is 18.9. The molecule has 2 saturated carbocycles. The lowest BCUT2D eigenvalue weighted by molar-refractivity contribution is 0.00446. The molecule has 0 saturated heterocycles. The van der Waals surface area contributed by atoms with E-state index in [0.29, 0.717) is 37.3 Å². The monoisotopic (exact) mass is 486 g/mol. The molecule has 0 aliphatic heterocycles. The van der Waals surface area contributed by atoms with Gasteiger partial charge in [0.15, 0.2) is 0 Å². The lowest BCUT2D eigenvalue weighted by Crippen LogP contribution is -2.35. The Hall–Kier alpha value is -2.44. The highest BCUT2D eigenvalue weighted by Crippen LogP contribution is 2.44. The zero-order valence-electron chi connectivity index (χ0n) is 19.2. The van der Waals surface area contributed by atoms with Crippen molar-refractivity contribution in [2.24, 2.45) is 5.92 Å². The maximum absolute atomic E-state index is 10.6. The highest BCUT2D eigenvalue weighted by molar-refractivity contribution is 7.21. The normalized spacial score (nSPS) is 24.6. The summed E-state index contributed by atoms with van der Waals surface area (Å²) in [6.45, 7) is 2.77. The summed E-state index contributed by atoms with van der Waals surface area (Å²) in [5, 5.41) is 37.7. The zero-order valence-corrected chi connectivity index (χ0v) is 20.0. The number of ether oxygens (including phenoxy) is 1. The van der Waals surface area contributed by atoms with Gasteiger partial charge in [0.05, 0.1) is 40.4 Å². The number of aliphatic hydroxyl groups is 3. The predicted molar refractivity (Wildman–Crippen MR) is 130 cm³/mol. The van der Waals surface area contributed by atoms with E-state index in [0.717, 1.165) is 45.0 Å². The molecule has 182 valence electrons. The molecular formula is C23H30N6O4S. The van der Waals surface area contributed by atoms with Gasteiger partial charge >= 0.3 is 0 Å². The molecule has 3 heterocycles. The number of thiazole rings is 1. The highest BCUT2D eigenvalue weighted by atomic mass is 32.1. The Morgan fingerprint density at radius 3 is 2.71 bits per heavy atom. The van der Waals surface area contributed by atoms with Gasteiger partial charge in [0.1, 0.15) is 22.4 Å². The Kier molecular flexibility index (Phi) is 6.63. The second-order valence-corrected chi connectivity index (χ2v) is 10.1. The average molecular weight is 487 g/mol. The number of rotatable bonds is 9. The average Bonchev–Trinajstić information content (AvgIpc) is 3.52. The van der Waals surface area contributed by atoms with Gasteiger partial charge in [-0.05, 0) is 32.3 Å². The van der Waals surface area contributed by atoms with Crippen LogP contribution in [0.3, 0.4) is 0 Å². The van der Waals surface area contributed by atoms with E-state index in [1.54, 1.807) is 18.4 Å². The molecule has 5 N–H and O–H groups in total. The van der Waals surface area contributed by atoms with Gasteiger partial charge in [-0.15, -0.1) is 11.3 Å². The summed E-state index contributed by atoms with van der Waals surface area (Å²) in [5.41, 5.74) is 3.47. The Labute approximate surface area is 201 Å². The van der Waals surface area contributed by atoms with E-state index in [4.69, 9.17) is 14.7 Å². The SMILES string of the molecule is COCCNc1nc(C)c(-c2nc3c(C4CC4)nccc3s2)c(N[C@@H]2C[C@H](CO)[C@@H](O)[C@H]2O)n1. The topological polar surface area (TPSA) is 146 Å². The van der Waals surface area contributed by atoms with Crippen LogP contribution in [0.4, 0.5) is 11.8 Å². The van der Waals surface area contributed by atoms with Gasteiger partial charge in [0, 0.05) is 38.3 Å².